The van der Waals surface area contributed by atoms with Crippen molar-refractivity contribution in [2.45, 2.75) is 23.8 Å². The van der Waals surface area contributed by atoms with Gasteiger partial charge in [-0.2, -0.15) is 4.73 Å². The van der Waals surface area contributed by atoms with E-state index in [2.05, 4.69) is 32.0 Å². The van der Waals surface area contributed by atoms with Crippen LogP contribution in [-0.2, 0) is 0 Å². The maximum absolute atomic E-state index is 11.5. The number of benzene rings is 1. The third kappa shape index (κ3) is 2.36. The van der Waals surface area contributed by atoms with Gasteiger partial charge in [0.2, 0.25) is 0 Å². The Morgan fingerprint density at radius 3 is 2.69 bits per heavy atom. The van der Waals surface area contributed by atoms with E-state index in [9.17, 15) is 5.21 Å². The van der Waals surface area contributed by atoms with Gasteiger partial charge in [-0.1, -0.05) is 12.1 Å². The second-order valence-corrected chi connectivity index (χ2v) is 4.80. The van der Waals surface area contributed by atoms with Gasteiger partial charge in [0, 0.05) is 17.0 Å². The van der Waals surface area contributed by atoms with Crippen molar-refractivity contribution in [3.63, 3.8) is 0 Å². The zero-order valence-corrected chi connectivity index (χ0v) is 10.1. The van der Waals surface area contributed by atoms with Crippen molar-refractivity contribution in [2.75, 3.05) is 0 Å². The maximum Gasteiger partial charge on any atom is 0.256 e. The first-order valence-corrected chi connectivity index (χ1v) is 5.92. The smallest absolute Gasteiger partial charge is 0.256 e. The molecule has 1 aromatic carbocycles. The first-order valence-electron chi connectivity index (χ1n) is 5.10. The normalized spacial score (nSPS) is 10.4. The third-order valence-electron chi connectivity index (χ3n) is 2.35. The zero-order valence-electron chi connectivity index (χ0n) is 9.31. The molecule has 16 heavy (non-hydrogen) atoms. The van der Waals surface area contributed by atoms with Gasteiger partial charge in [0.1, 0.15) is 0 Å². The molecule has 0 bridgehead atoms. The van der Waals surface area contributed by atoms with Crippen LogP contribution < -0.4 is 4.73 Å². The van der Waals surface area contributed by atoms with Gasteiger partial charge in [-0.3, -0.25) is 0 Å². The van der Waals surface area contributed by atoms with Crippen LogP contribution in [0.25, 0.3) is 0 Å². The van der Waals surface area contributed by atoms with E-state index in [1.54, 1.807) is 6.07 Å². The average Bonchev–Trinajstić information content (AvgIpc) is 2.27. The van der Waals surface area contributed by atoms with E-state index in [-0.39, 0.29) is 0 Å². The predicted octanol–water partition coefficient (Wildman–Crippen LogP) is 3.09. The largest absolute Gasteiger partial charge is 0.618 e. The Bertz CT molecular complexity index is 511. The van der Waals surface area contributed by atoms with Gasteiger partial charge in [0.15, 0.2) is 6.20 Å². The molecule has 0 spiro atoms. The van der Waals surface area contributed by atoms with Crippen molar-refractivity contribution in [2.24, 2.45) is 0 Å². The van der Waals surface area contributed by atoms with Crippen LogP contribution in [0.15, 0.2) is 52.5 Å². The summed E-state index contributed by atoms with van der Waals surface area (Å²) in [5.41, 5.74) is 2.40. The molecule has 0 saturated carbocycles. The van der Waals surface area contributed by atoms with Crippen LogP contribution in [0.4, 0.5) is 0 Å². The molecule has 0 atom stereocenters. The number of rotatable bonds is 2. The Labute approximate surface area is 99.5 Å². The summed E-state index contributed by atoms with van der Waals surface area (Å²) in [7, 11) is 0. The summed E-state index contributed by atoms with van der Waals surface area (Å²) in [6.45, 7) is 4.11. The summed E-state index contributed by atoms with van der Waals surface area (Å²) in [6, 6.07) is 11.7. The van der Waals surface area contributed by atoms with Crippen LogP contribution in [0, 0.1) is 19.1 Å². The Hall–Kier alpha value is -1.48. The lowest BCUT2D eigenvalue weighted by molar-refractivity contribution is -0.645. The van der Waals surface area contributed by atoms with Crippen LogP contribution in [-0.4, -0.2) is 0 Å². The standard InChI is InChI=1S/C13H13NOS/c1-10-6-7-11(2)12(9-10)16-13-5-3-4-8-14(13)15/h3-9H,1-2H3. The molecule has 0 aliphatic heterocycles. The second-order valence-electron chi connectivity index (χ2n) is 3.74. The van der Waals surface area contributed by atoms with Crippen LogP contribution in [0.2, 0.25) is 0 Å². The summed E-state index contributed by atoms with van der Waals surface area (Å²) in [5, 5.41) is 12.2. The van der Waals surface area contributed by atoms with Crippen molar-refractivity contribution < 1.29 is 4.73 Å². The SMILES string of the molecule is Cc1ccc(C)c(Sc2cccc[n+]2[O-])c1. The van der Waals surface area contributed by atoms with Crippen LogP contribution in [0.3, 0.4) is 0 Å². The summed E-state index contributed by atoms with van der Waals surface area (Å²) >= 11 is 1.51. The highest BCUT2D eigenvalue weighted by Crippen LogP contribution is 2.28. The predicted molar refractivity (Wildman–Crippen MR) is 65.4 cm³/mol. The molecule has 0 aliphatic rings. The van der Waals surface area contributed by atoms with Gasteiger partial charge in [-0.15, -0.1) is 0 Å². The molecule has 1 heterocycles. The summed E-state index contributed by atoms with van der Waals surface area (Å²) in [6.07, 6.45) is 1.52. The number of pyridine rings is 1. The Morgan fingerprint density at radius 2 is 1.94 bits per heavy atom. The molecule has 2 aromatic rings. The number of hydrogen-bond donors (Lipinski definition) is 0. The van der Waals surface area contributed by atoms with Gasteiger partial charge in [-0.05, 0) is 48.9 Å². The topological polar surface area (TPSA) is 26.9 Å². The number of aromatic nitrogens is 1. The van der Waals surface area contributed by atoms with Gasteiger partial charge in [0.25, 0.3) is 5.03 Å². The van der Waals surface area contributed by atoms with Gasteiger partial charge >= 0.3 is 0 Å². The van der Waals surface area contributed by atoms with Crippen molar-refractivity contribution in [3.8, 4) is 0 Å². The number of aryl methyl sites for hydroxylation is 2. The highest BCUT2D eigenvalue weighted by atomic mass is 32.2. The Morgan fingerprint density at radius 1 is 1.12 bits per heavy atom. The molecule has 1 aromatic heterocycles. The van der Waals surface area contributed by atoms with E-state index in [4.69, 9.17) is 0 Å². The first kappa shape index (κ1) is 11.0. The van der Waals surface area contributed by atoms with E-state index in [0.717, 1.165) is 9.63 Å². The van der Waals surface area contributed by atoms with Crippen LogP contribution >= 0.6 is 11.8 Å². The average molecular weight is 231 g/mol. The lowest BCUT2D eigenvalue weighted by Gasteiger charge is -2.06. The van der Waals surface area contributed by atoms with E-state index in [1.165, 1.54) is 29.1 Å². The lowest BCUT2D eigenvalue weighted by Crippen LogP contribution is -2.27. The van der Waals surface area contributed by atoms with Gasteiger partial charge < -0.3 is 5.21 Å². The van der Waals surface area contributed by atoms with Gasteiger partial charge in [-0.25, -0.2) is 0 Å². The molecule has 0 saturated heterocycles. The van der Waals surface area contributed by atoms with Crippen LogP contribution in [0.1, 0.15) is 11.1 Å². The highest BCUT2D eigenvalue weighted by Gasteiger charge is 2.08. The molecule has 2 rings (SSSR count). The van der Waals surface area contributed by atoms with E-state index in [0.29, 0.717) is 5.03 Å². The fourth-order valence-electron chi connectivity index (χ4n) is 1.42. The molecule has 3 heteroatoms. The number of hydrogen-bond acceptors (Lipinski definition) is 2. The number of nitrogens with zero attached hydrogens (tertiary/aromatic N) is 1. The van der Waals surface area contributed by atoms with E-state index in [1.807, 2.05) is 12.1 Å². The van der Waals surface area contributed by atoms with Crippen molar-refractivity contribution >= 4 is 11.8 Å². The molecular formula is C13H13NOS. The van der Waals surface area contributed by atoms with E-state index >= 15 is 0 Å². The summed E-state index contributed by atoms with van der Waals surface area (Å²) < 4.78 is 0.895. The van der Waals surface area contributed by atoms with Gasteiger partial charge in [0.05, 0.1) is 0 Å². The molecular weight excluding hydrogens is 218 g/mol. The summed E-state index contributed by atoms with van der Waals surface area (Å²) in [5.74, 6) is 0. The molecule has 0 unspecified atom stereocenters. The highest BCUT2D eigenvalue weighted by molar-refractivity contribution is 7.99. The molecule has 0 aliphatic carbocycles. The molecule has 0 amide bonds. The molecule has 0 radical (unpaired) electrons. The third-order valence-corrected chi connectivity index (χ3v) is 3.53. The first-order chi connectivity index (χ1) is 7.66. The van der Waals surface area contributed by atoms with Crippen LogP contribution in [0.5, 0.6) is 0 Å². The Kier molecular flexibility index (Phi) is 3.15. The summed E-state index contributed by atoms with van der Waals surface area (Å²) in [4.78, 5) is 1.14. The van der Waals surface area contributed by atoms with Crippen molar-refractivity contribution in [1.29, 1.82) is 0 Å². The van der Waals surface area contributed by atoms with E-state index < -0.39 is 0 Å². The minimum absolute atomic E-state index is 0.705. The molecule has 2 nitrogen and oxygen atoms in total. The molecule has 0 N–H and O–H groups in total. The molecule has 82 valence electrons. The van der Waals surface area contributed by atoms with Crippen molar-refractivity contribution in [3.05, 3.63) is 58.9 Å². The fraction of sp³-hybridized carbons (Fsp3) is 0.154. The Balaban J connectivity index is 2.34. The maximum atomic E-state index is 11.5. The minimum atomic E-state index is 0.705. The monoisotopic (exact) mass is 231 g/mol. The lowest BCUT2D eigenvalue weighted by atomic mass is 10.2. The second kappa shape index (κ2) is 4.58. The zero-order chi connectivity index (χ0) is 11.5. The fourth-order valence-corrected chi connectivity index (χ4v) is 2.42. The quantitative estimate of drug-likeness (QED) is 0.586. The van der Waals surface area contributed by atoms with Crippen molar-refractivity contribution in [1.82, 2.24) is 0 Å². The minimum Gasteiger partial charge on any atom is -0.618 e. The molecule has 0 fully saturated rings.